The summed E-state index contributed by atoms with van der Waals surface area (Å²) < 4.78 is 21.1. The van der Waals surface area contributed by atoms with E-state index in [1.54, 1.807) is 12.3 Å². The van der Waals surface area contributed by atoms with Crippen molar-refractivity contribution in [1.82, 2.24) is 14.3 Å². The van der Waals surface area contributed by atoms with Gasteiger partial charge < -0.3 is 9.64 Å². The largest absolute Gasteiger partial charge is 0.444 e. The van der Waals surface area contributed by atoms with E-state index in [-0.39, 0.29) is 11.9 Å². The lowest BCUT2D eigenvalue weighted by Crippen LogP contribution is -2.41. The predicted molar refractivity (Wildman–Crippen MR) is 119 cm³/mol. The number of nitrogens with zero attached hydrogens (tertiary/aromatic N) is 3. The highest BCUT2D eigenvalue weighted by Crippen LogP contribution is 2.26. The fourth-order valence-electron chi connectivity index (χ4n) is 4.14. The smallest absolute Gasteiger partial charge is 0.410 e. The lowest BCUT2D eigenvalue weighted by atomic mass is 9.91. The first kappa shape index (κ1) is 21.3. The number of piperidine rings is 1. The number of pyridine rings is 1. The van der Waals surface area contributed by atoms with Gasteiger partial charge in [-0.05, 0) is 82.2 Å². The molecule has 1 aliphatic heterocycles. The summed E-state index contributed by atoms with van der Waals surface area (Å²) in [6.45, 7) is 7.21. The standard InChI is InChI=1S/C25H30FN3O2/c1-25(2,3)31-24(30)28-12-9-18(10-13-28)7-8-19-11-14-29-22(17-27-23(29)15-19)20-5-4-6-21(26)16-20/h4-6,11,14-18H,7-10,12-13H2,1-3H3. The van der Waals surface area contributed by atoms with Crippen molar-refractivity contribution in [2.24, 2.45) is 5.92 Å². The van der Waals surface area contributed by atoms with Crippen molar-refractivity contribution < 1.29 is 13.9 Å². The van der Waals surface area contributed by atoms with Gasteiger partial charge in [0.15, 0.2) is 0 Å². The molecule has 1 amide bonds. The van der Waals surface area contributed by atoms with Crippen LogP contribution < -0.4 is 0 Å². The molecule has 1 aliphatic rings. The van der Waals surface area contributed by atoms with E-state index in [0.717, 1.165) is 55.7 Å². The zero-order valence-electron chi connectivity index (χ0n) is 18.5. The van der Waals surface area contributed by atoms with Crippen molar-refractivity contribution in [3.8, 4) is 11.3 Å². The third kappa shape index (κ3) is 5.24. The number of halogens is 1. The maximum atomic E-state index is 13.6. The second kappa shape index (κ2) is 8.69. The lowest BCUT2D eigenvalue weighted by Gasteiger charge is -2.33. The van der Waals surface area contributed by atoms with Gasteiger partial charge in [-0.3, -0.25) is 4.40 Å². The van der Waals surface area contributed by atoms with Gasteiger partial charge in [-0.25, -0.2) is 14.2 Å². The molecular formula is C25H30FN3O2. The van der Waals surface area contributed by atoms with Crippen molar-refractivity contribution in [3.05, 3.63) is 60.2 Å². The van der Waals surface area contributed by atoms with Crippen LogP contribution in [0, 0.1) is 11.7 Å². The molecule has 2 aromatic heterocycles. The van der Waals surface area contributed by atoms with Gasteiger partial charge in [0.25, 0.3) is 0 Å². The monoisotopic (exact) mass is 423 g/mol. The van der Waals surface area contributed by atoms with E-state index in [9.17, 15) is 9.18 Å². The Morgan fingerprint density at radius 3 is 2.68 bits per heavy atom. The van der Waals surface area contributed by atoms with E-state index in [0.29, 0.717) is 5.92 Å². The van der Waals surface area contributed by atoms with E-state index in [2.05, 4.69) is 17.1 Å². The maximum Gasteiger partial charge on any atom is 0.410 e. The Labute approximate surface area is 182 Å². The number of ether oxygens (including phenoxy) is 1. The van der Waals surface area contributed by atoms with Crippen LogP contribution in [0.3, 0.4) is 0 Å². The highest BCUT2D eigenvalue weighted by atomic mass is 19.1. The molecule has 1 saturated heterocycles. The number of hydrogen-bond donors (Lipinski definition) is 0. The Hall–Kier alpha value is -2.89. The Bertz CT molecular complexity index is 1060. The van der Waals surface area contributed by atoms with Gasteiger partial charge in [-0.15, -0.1) is 0 Å². The van der Waals surface area contributed by atoms with Crippen LogP contribution in [0.5, 0.6) is 0 Å². The molecule has 1 aromatic carbocycles. The second-order valence-corrected chi connectivity index (χ2v) is 9.37. The number of likely N-dealkylation sites (tertiary alicyclic amines) is 1. The molecule has 0 N–H and O–H groups in total. The Morgan fingerprint density at radius 1 is 1.19 bits per heavy atom. The van der Waals surface area contributed by atoms with Gasteiger partial charge in [-0.2, -0.15) is 0 Å². The van der Waals surface area contributed by atoms with Crippen LogP contribution in [-0.4, -0.2) is 39.1 Å². The number of fused-ring (bicyclic) bond motifs is 1. The number of rotatable bonds is 4. The van der Waals surface area contributed by atoms with Gasteiger partial charge in [-0.1, -0.05) is 12.1 Å². The molecule has 0 saturated carbocycles. The number of benzene rings is 1. The lowest BCUT2D eigenvalue weighted by molar-refractivity contribution is 0.0181. The highest BCUT2D eigenvalue weighted by molar-refractivity contribution is 5.68. The van der Waals surface area contributed by atoms with Crippen molar-refractivity contribution in [2.75, 3.05) is 13.1 Å². The van der Waals surface area contributed by atoms with Gasteiger partial charge in [0.2, 0.25) is 0 Å². The molecule has 0 aliphatic carbocycles. The summed E-state index contributed by atoms with van der Waals surface area (Å²) in [6, 6.07) is 10.8. The summed E-state index contributed by atoms with van der Waals surface area (Å²) in [6.07, 6.45) is 7.70. The van der Waals surface area contributed by atoms with Gasteiger partial charge in [0.05, 0.1) is 11.9 Å². The van der Waals surface area contributed by atoms with Crippen LogP contribution in [0.1, 0.15) is 45.6 Å². The van der Waals surface area contributed by atoms with Crippen LogP contribution >= 0.6 is 0 Å². The summed E-state index contributed by atoms with van der Waals surface area (Å²) in [7, 11) is 0. The molecule has 5 nitrogen and oxygen atoms in total. The van der Waals surface area contributed by atoms with E-state index in [1.165, 1.54) is 17.7 Å². The molecule has 0 radical (unpaired) electrons. The minimum Gasteiger partial charge on any atom is -0.444 e. The van der Waals surface area contributed by atoms with Crippen LogP contribution in [0.2, 0.25) is 0 Å². The Balaban J connectivity index is 1.34. The molecular weight excluding hydrogens is 393 g/mol. The molecule has 6 heteroatoms. The number of aryl methyl sites for hydroxylation is 1. The molecule has 0 bridgehead atoms. The normalized spacial score (nSPS) is 15.4. The van der Waals surface area contributed by atoms with E-state index >= 15 is 0 Å². The summed E-state index contributed by atoms with van der Waals surface area (Å²) in [5, 5.41) is 0. The van der Waals surface area contributed by atoms with Gasteiger partial charge in [0.1, 0.15) is 17.1 Å². The molecule has 0 unspecified atom stereocenters. The summed E-state index contributed by atoms with van der Waals surface area (Å²) in [5.74, 6) is 0.360. The topological polar surface area (TPSA) is 46.8 Å². The van der Waals surface area contributed by atoms with E-state index in [4.69, 9.17) is 4.74 Å². The van der Waals surface area contributed by atoms with Crippen LogP contribution in [0.25, 0.3) is 16.9 Å². The number of amides is 1. The molecule has 164 valence electrons. The zero-order valence-corrected chi connectivity index (χ0v) is 18.5. The fourth-order valence-corrected chi connectivity index (χ4v) is 4.14. The van der Waals surface area contributed by atoms with Gasteiger partial charge in [0, 0.05) is 24.8 Å². The third-order valence-electron chi connectivity index (χ3n) is 5.81. The molecule has 0 spiro atoms. The summed E-state index contributed by atoms with van der Waals surface area (Å²) in [4.78, 5) is 18.6. The van der Waals surface area contributed by atoms with Crippen LogP contribution in [-0.2, 0) is 11.2 Å². The van der Waals surface area contributed by atoms with Crippen molar-refractivity contribution in [1.29, 1.82) is 0 Å². The van der Waals surface area contributed by atoms with Crippen molar-refractivity contribution in [2.45, 2.75) is 52.1 Å². The Kier molecular flexibility index (Phi) is 5.99. The molecule has 31 heavy (non-hydrogen) atoms. The first-order valence-electron chi connectivity index (χ1n) is 11.0. The fraction of sp³-hybridized carbons (Fsp3) is 0.440. The van der Waals surface area contributed by atoms with E-state index < -0.39 is 5.60 Å². The number of hydrogen-bond acceptors (Lipinski definition) is 3. The number of imidazole rings is 1. The average molecular weight is 424 g/mol. The van der Waals surface area contributed by atoms with E-state index in [1.807, 2.05) is 42.3 Å². The molecule has 0 atom stereocenters. The average Bonchev–Trinajstić information content (AvgIpc) is 3.15. The van der Waals surface area contributed by atoms with Crippen molar-refractivity contribution >= 4 is 11.7 Å². The zero-order chi connectivity index (χ0) is 22.0. The molecule has 4 rings (SSSR count). The maximum absolute atomic E-state index is 13.6. The molecule has 3 heterocycles. The first-order chi connectivity index (χ1) is 14.8. The summed E-state index contributed by atoms with van der Waals surface area (Å²) in [5.41, 5.74) is 3.37. The predicted octanol–water partition coefficient (Wildman–Crippen LogP) is 5.72. The van der Waals surface area contributed by atoms with Crippen LogP contribution in [0.15, 0.2) is 48.8 Å². The van der Waals surface area contributed by atoms with Crippen molar-refractivity contribution in [3.63, 3.8) is 0 Å². The number of aromatic nitrogens is 2. The first-order valence-corrected chi connectivity index (χ1v) is 11.0. The minimum absolute atomic E-state index is 0.204. The number of carbonyl (C=O) groups excluding carboxylic acids is 1. The van der Waals surface area contributed by atoms with Gasteiger partial charge >= 0.3 is 6.09 Å². The SMILES string of the molecule is CC(C)(C)OC(=O)N1CCC(CCc2ccn3c(-c4cccc(F)c4)cnc3c2)CC1. The third-order valence-corrected chi connectivity index (χ3v) is 5.81. The van der Waals surface area contributed by atoms with Crippen LogP contribution in [0.4, 0.5) is 9.18 Å². The highest BCUT2D eigenvalue weighted by Gasteiger charge is 2.26. The molecule has 3 aromatic rings. The number of carbonyl (C=O) groups is 1. The molecule has 1 fully saturated rings. The second-order valence-electron chi connectivity index (χ2n) is 9.37. The quantitative estimate of drug-likeness (QED) is 0.539. The summed E-state index contributed by atoms with van der Waals surface area (Å²) >= 11 is 0. The Morgan fingerprint density at radius 2 is 1.97 bits per heavy atom. The minimum atomic E-state index is -0.450.